The van der Waals surface area contributed by atoms with Crippen LogP contribution in [0.3, 0.4) is 0 Å². The number of amides is 1. The number of nitrogens with one attached hydrogen (secondary N) is 1. The molecule has 0 saturated heterocycles. The molecule has 1 aromatic rings. The van der Waals surface area contributed by atoms with Crippen molar-refractivity contribution in [1.82, 2.24) is 0 Å². The fourth-order valence-electron chi connectivity index (χ4n) is 1.49. The zero-order valence-electron chi connectivity index (χ0n) is 11.6. The highest BCUT2D eigenvalue weighted by Gasteiger charge is 2.20. The number of carbonyl (C=O) groups is 1. The average Bonchev–Trinajstić information content (AvgIpc) is 2.36. The Hall–Kier alpha value is -1.83. The maximum absolute atomic E-state index is 11.9. The molecule has 0 aliphatic carbocycles. The van der Waals surface area contributed by atoms with Gasteiger partial charge in [-0.2, -0.15) is 0 Å². The highest BCUT2D eigenvalue weighted by atomic mass is 16.5. The Morgan fingerprint density at radius 1 is 1.47 bits per heavy atom. The minimum absolute atomic E-state index is 0.0872. The summed E-state index contributed by atoms with van der Waals surface area (Å²) in [5, 5.41) is 2.83. The lowest BCUT2D eigenvalue weighted by molar-refractivity contribution is -0.121. The number of ether oxygens (including phenoxy) is 1. The van der Waals surface area contributed by atoms with E-state index in [1.54, 1.807) is 7.11 Å². The summed E-state index contributed by atoms with van der Waals surface area (Å²) in [6, 6.07) is 7.36. The van der Waals surface area contributed by atoms with Crippen LogP contribution in [0.2, 0.25) is 0 Å². The summed E-state index contributed by atoms with van der Waals surface area (Å²) in [5.74, 6) is 5.62. The first-order valence-corrected chi connectivity index (χ1v) is 6.11. The van der Waals surface area contributed by atoms with Gasteiger partial charge >= 0.3 is 0 Å². The van der Waals surface area contributed by atoms with E-state index >= 15 is 0 Å². The van der Waals surface area contributed by atoms with Gasteiger partial charge in [0.05, 0.1) is 18.6 Å². The van der Waals surface area contributed by atoms with Gasteiger partial charge in [-0.25, -0.2) is 0 Å². The third-order valence-corrected chi connectivity index (χ3v) is 2.62. The molecule has 0 aromatic heterocycles. The van der Waals surface area contributed by atoms with Gasteiger partial charge in [0.15, 0.2) is 0 Å². The Morgan fingerprint density at radius 3 is 2.84 bits per heavy atom. The second-order valence-electron chi connectivity index (χ2n) is 4.78. The Balaban J connectivity index is 2.69. The molecule has 0 atom stereocenters. The second-order valence-corrected chi connectivity index (χ2v) is 4.78. The van der Waals surface area contributed by atoms with Crippen LogP contribution in [0.25, 0.3) is 0 Å². The van der Waals surface area contributed by atoms with Crippen LogP contribution in [0.5, 0.6) is 0 Å². The average molecular weight is 260 g/mol. The molecular formula is C15H20N2O2. The van der Waals surface area contributed by atoms with Crippen molar-refractivity contribution in [3.05, 3.63) is 29.8 Å². The Bertz CT molecular complexity index is 498. The van der Waals surface area contributed by atoms with E-state index in [0.29, 0.717) is 13.0 Å². The molecule has 0 heterocycles. The van der Waals surface area contributed by atoms with E-state index in [1.165, 1.54) is 0 Å². The monoisotopic (exact) mass is 260 g/mol. The highest BCUT2D eigenvalue weighted by Crippen LogP contribution is 2.15. The molecule has 0 aliphatic rings. The van der Waals surface area contributed by atoms with Crippen molar-refractivity contribution in [3.63, 3.8) is 0 Å². The van der Waals surface area contributed by atoms with Gasteiger partial charge in [-0.1, -0.05) is 17.9 Å². The fraction of sp³-hybridized carbons (Fsp3) is 0.400. The fourth-order valence-corrected chi connectivity index (χ4v) is 1.49. The first-order valence-electron chi connectivity index (χ1n) is 6.11. The normalized spacial score (nSPS) is 10.5. The SMILES string of the molecule is COC(C)(C)CC(=O)Nc1cccc(C#CCN)c1. The molecule has 3 N–H and O–H groups in total. The summed E-state index contributed by atoms with van der Waals surface area (Å²) in [5.41, 5.74) is 6.40. The number of rotatable bonds is 4. The Morgan fingerprint density at radius 2 is 2.21 bits per heavy atom. The van der Waals surface area contributed by atoms with Crippen molar-refractivity contribution in [1.29, 1.82) is 0 Å². The number of nitrogens with two attached hydrogens (primary N) is 1. The predicted molar refractivity (Wildman–Crippen MR) is 76.7 cm³/mol. The maximum Gasteiger partial charge on any atom is 0.227 e. The lowest BCUT2D eigenvalue weighted by Crippen LogP contribution is -2.29. The van der Waals surface area contributed by atoms with E-state index in [9.17, 15) is 4.79 Å². The molecule has 0 aliphatic heterocycles. The van der Waals surface area contributed by atoms with Crippen molar-refractivity contribution in [2.24, 2.45) is 5.73 Å². The van der Waals surface area contributed by atoms with Crippen molar-refractivity contribution in [2.45, 2.75) is 25.9 Å². The van der Waals surface area contributed by atoms with E-state index < -0.39 is 5.60 Å². The van der Waals surface area contributed by atoms with Crippen molar-refractivity contribution in [2.75, 3.05) is 19.0 Å². The smallest absolute Gasteiger partial charge is 0.227 e. The van der Waals surface area contributed by atoms with Crippen LogP contribution in [-0.2, 0) is 9.53 Å². The van der Waals surface area contributed by atoms with E-state index in [4.69, 9.17) is 10.5 Å². The maximum atomic E-state index is 11.9. The zero-order chi connectivity index (χ0) is 14.3. The summed E-state index contributed by atoms with van der Waals surface area (Å²) < 4.78 is 5.23. The van der Waals surface area contributed by atoms with Crippen LogP contribution in [0.4, 0.5) is 5.69 Å². The molecule has 0 unspecified atom stereocenters. The summed E-state index contributed by atoms with van der Waals surface area (Å²) in [4.78, 5) is 11.9. The van der Waals surface area contributed by atoms with Gasteiger partial charge < -0.3 is 15.8 Å². The summed E-state index contributed by atoms with van der Waals surface area (Å²) in [7, 11) is 1.59. The number of methoxy groups -OCH3 is 1. The van der Waals surface area contributed by atoms with Gasteiger partial charge in [0.1, 0.15) is 0 Å². The second kappa shape index (κ2) is 6.93. The lowest BCUT2D eigenvalue weighted by atomic mass is 10.0. The van der Waals surface area contributed by atoms with Gasteiger partial charge in [-0.05, 0) is 32.0 Å². The van der Waals surface area contributed by atoms with E-state index in [2.05, 4.69) is 17.2 Å². The van der Waals surface area contributed by atoms with Gasteiger partial charge in [0, 0.05) is 18.4 Å². The quantitative estimate of drug-likeness (QED) is 0.811. The standard InChI is InChI=1S/C15H20N2O2/c1-15(2,19-3)11-14(18)17-13-8-4-6-12(10-13)7-5-9-16/h4,6,8,10H,9,11,16H2,1-3H3,(H,17,18). The van der Waals surface area contributed by atoms with Crippen LogP contribution < -0.4 is 11.1 Å². The Kier molecular flexibility index (Phi) is 5.56. The minimum atomic E-state index is -0.471. The van der Waals surface area contributed by atoms with Crippen LogP contribution >= 0.6 is 0 Å². The highest BCUT2D eigenvalue weighted by molar-refractivity contribution is 5.91. The molecule has 4 heteroatoms. The molecule has 1 amide bonds. The van der Waals surface area contributed by atoms with Gasteiger partial charge in [0.25, 0.3) is 0 Å². The predicted octanol–water partition coefficient (Wildman–Crippen LogP) is 1.75. The Labute approximate surface area is 114 Å². The lowest BCUT2D eigenvalue weighted by Gasteiger charge is -2.21. The van der Waals surface area contributed by atoms with Gasteiger partial charge in [-0.3, -0.25) is 4.79 Å². The van der Waals surface area contributed by atoms with Gasteiger partial charge in [-0.15, -0.1) is 0 Å². The summed E-state index contributed by atoms with van der Waals surface area (Å²) in [6.45, 7) is 4.06. The molecule has 0 radical (unpaired) electrons. The minimum Gasteiger partial charge on any atom is -0.378 e. The van der Waals surface area contributed by atoms with E-state index in [0.717, 1.165) is 11.3 Å². The molecule has 0 fully saturated rings. The van der Waals surface area contributed by atoms with Crippen LogP contribution in [0.1, 0.15) is 25.8 Å². The number of benzene rings is 1. The summed E-state index contributed by atoms with van der Waals surface area (Å²) in [6.07, 6.45) is 0.294. The van der Waals surface area contributed by atoms with E-state index in [-0.39, 0.29) is 5.91 Å². The van der Waals surface area contributed by atoms with Crippen LogP contribution in [-0.4, -0.2) is 25.2 Å². The number of anilines is 1. The van der Waals surface area contributed by atoms with Crippen LogP contribution in [0, 0.1) is 11.8 Å². The topological polar surface area (TPSA) is 64.3 Å². The molecule has 1 rings (SSSR count). The van der Waals surface area contributed by atoms with E-state index in [1.807, 2.05) is 38.1 Å². The molecule has 1 aromatic carbocycles. The molecular weight excluding hydrogens is 240 g/mol. The zero-order valence-corrected chi connectivity index (χ0v) is 11.6. The molecule has 0 spiro atoms. The molecule has 0 bridgehead atoms. The summed E-state index contributed by atoms with van der Waals surface area (Å²) >= 11 is 0. The van der Waals surface area contributed by atoms with Crippen molar-refractivity contribution in [3.8, 4) is 11.8 Å². The first-order chi connectivity index (χ1) is 8.96. The third kappa shape index (κ3) is 5.56. The molecule has 4 nitrogen and oxygen atoms in total. The third-order valence-electron chi connectivity index (χ3n) is 2.62. The van der Waals surface area contributed by atoms with Gasteiger partial charge in [0.2, 0.25) is 5.91 Å². The molecule has 102 valence electrons. The largest absolute Gasteiger partial charge is 0.378 e. The number of hydrogen-bond donors (Lipinski definition) is 2. The van der Waals surface area contributed by atoms with Crippen molar-refractivity contribution < 1.29 is 9.53 Å². The van der Waals surface area contributed by atoms with Crippen molar-refractivity contribution >= 4 is 11.6 Å². The molecule has 19 heavy (non-hydrogen) atoms. The first kappa shape index (κ1) is 15.2. The number of carbonyl (C=O) groups excluding carboxylic acids is 1. The number of hydrogen-bond acceptors (Lipinski definition) is 3. The molecule has 0 saturated carbocycles. The van der Waals surface area contributed by atoms with Crippen LogP contribution in [0.15, 0.2) is 24.3 Å².